The Morgan fingerprint density at radius 2 is 0.964 bits per heavy atom. The molecule has 0 bridgehead atoms. The molecule has 6 heterocycles. The highest BCUT2D eigenvalue weighted by atomic mass is 35.5. The second-order valence-corrected chi connectivity index (χ2v) is 21.6. The third kappa shape index (κ3) is 14.2. The van der Waals surface area contributed by atoms with Gasteiger partial charge in [-0.3, -0.25) is 32.9 Å². The Bertz CT molecular complexity index is 3760. The number of hydrogen-bond acceptors (Lipinski definition) is 15. The number of phenolic OH excluding ortho intramolecular Hbond substituents is 2. The number of nitrogens with one attached hydrogen (secondary N) is 1. The predicted molar refractivity (Wildman–Crippen MR) is 314 cm³/mol. The minimum absolute atomic E-state index is 0. The molecule has 440 valence electrons. The van der Waals surface area contributed by atoms with Crippen molar-refractivity contribution in [2.75, 3.05) is 0 Å². The highest BCUT2D eigenvalue weighted by Gasteiger charge is 2.38. The quantitative estimate of drug-likeness (QED) is 0.0912. The molecule has 0 radical (unpaired) electrons. The first-order valence-corrected chi connectivity index (χ1v) is 26.6. The van der Waals surface area contributed by atoms with E-state index in [1.807, 2.05) is 55.5 Å². The first-order chi connectivity index (χ1) is 39.4. The molecule has 23 nitrogen and oxygen atoms in total. The molecule has 4 aromatic carbocycles. The van der Waals surface area contributed by atoms with Crippen LogP contribution in [0.5, 0.6) is 11.5 Å². The van der Waals surface area contributed by atoms with Crippen molar-refractivity contribution in [3.8, 4) is 45.6 Å². The number of ether oxygens (including phenoxy) is 2. The number of aromatic nitrogens is 8. The number of carbonyl (C=O) groups is 4. The number of halogens is 1. The molecule has 2 unspecified atom stereocenters. The molecular formula is C60H67ClN12O11. The molecule has 6 N–H and O–H groups in total. The lowest BCUT2D eigenvalue weighted by atomic mass is 10.1. The van der Waals surface area contributed by atoms with Crippen LogP contribution in [0.2, 0.25) is 0 Å². The maximum absolute atomic E-state index is 13.9. The molecule has 84 heavy (non-hydrogen) atoms. The highest BCUT2D eigenvalue weighted by molar-refractivity contribution is 5.95. The van der Waals surface area contributed by atoms with Gasteiger partial charge in [0.15, 0.2) is 17.3 Å². The van der Waals surface area contributed by atoms with Gasteiger partial charge in [-0.25, -0.2) is 43.9 Å². The van der Waals surface area contributed by atoms with Crippen LogP contribution >= 0.6 is 12.4 Å². The van der Waals surface area contributed by atoms with Crippen molar-refractivity contribution >= 4 is 36.5 Å². The Morgan fingerprint density at radius 1 is 0.583 bits per heavy atom. The van der Waals surface area contributed by atoms with E-state index in [9.17, 15) is 44.1 Å². The van der Waals surface area contributed by atoms with Gasteiger partial charge in [-0.1, -0.05) is 48.5 Å². The van der Waals surface area contributed by atoms with Crippen molar-refractivity contribution in [1.29, 1.82) is 0 Å². The smallest absolute Gasteiger partial charge is 0.410 e. The summed E-state index contributed by atoms with van der Waals surface area (Å²) in [5.74, 6) is -0.484. The summed E-state index contributed by atoms with van der Waals surface area (Å²) < 4.78 is 16.3. The maximum atomic E-state index is 13.9. The van der Waals surface area contributed by atoms with Crippen LogP contribution in [0.25, 0.3) is 34.2 Å². The molecule has 2 aliphatic rings. The summed E-state index contributed by atoms with van der Waals surface area (Å²) in [7, 11) is 0. The number of hydrogen-bond donors (Lipinski definition) is 5. The van der Waals surface area contributed by atoms with Gasteiger partial charge in [-0.2, -0.15) is 0 Å². The number of carbonyl (C=O) groups excluding carboxylic acids is 3. The third-order valence-corrected chi connectivity index (χ3v) is 13.3. The number of carboxylic acid groups (broad SMARTS) is 1. The molecule has 0 saturated carbocycles. The number of aromatic hydroxyl groups is 2. The lowest BCUT2D eigenvalue weighted by Gasteiger charge is -2.35. The van der Waals surface area contributed by atoms with Gasteiger partial charge in [0.05, 0.1) is 47.9 Å². The SMILES string of the molecule is CC1Cn2c(c(C(=O)NCc3ccccc3-c3ncccn3)n(-c3ccc(O)cc3)c2=O)CN1C(=O)OC(C)(C)C.CC1Cn2c(c(C(=O)O)n(-c3ccc(O)cc3)c2=O)CN1C(=O)OC(C)(C)C.Cl.NCc1ccccc1-c1ncccn1. The number of imidazole rings is 2. The van der Waals surface area contributed by atoms with Crippen LogP contribution in [0.1, 0.15) is 98.9 Å². The number of carboxylic acids is 1. The van der Waals surface area contributed by atoms with Crippen molar-refractivity contribution < 1.29 is 44.0 Å². The fourth-order valence-electron chi connectivity index (χ4n) is 9.44. The summed E-state index contributed by atoms with van der Waals surface area (Å²) in [5.41, 5.74) is 8.21. The van der Waals surface area contributed by atoms with Crippen molar-refractivity contribution in [1.82, 2.24) is 53.3 Å². The Labute approximate surface area is 490 Å². The van der Waals surface area contributed by atoms with Crippen LogP contribution < -0.4 is 22.4 Å². The highest BCUT2D eigenvalue weighted by Crippen LogP contribution is 2.28. The standard InChI is InChI=1S/C30H32N6O5.C19H23N3O6.C11H11N3.ClH/c1-19-17-35-24(18-34(19)29(40)41-30(2,3)4)25(36(28(35)39)21-10-12-22(37)13-11-21)27(38)33-16-20-8-5-6-9-23(20)26-31-14-7-15-32-26;1-11-9-21-14(10-20(11)18(27)28-19(2,3)4)15(16(24)25)22(17(21)26)12-5-7-13(23)8-6-12;12-8-9-4-1-2-5-10(9)11-13-6-3-7-14-11;/h5-15,19,37H,16-18H2,1-4H3,(H,33,38);5-8,11,23H,9-10H2,1-4H3,(H,24,25);1-7H,8,12H2;1H. The number of nitrogens with zero attached hydrogens (tertiary/aromatic N) is 10. The first-order valence-electron chi connectivity index (χ1n) is 26.6. The van der Waals surface area contributed by atoms with Gasteiger partial charge in [0.2, 0.25) is 0 Å². The van der Waals surface area contributed by atoms with E-state index in [1.54, 1.807) is 97.5 Å². The molecule has 24 heteroatoms. The van der Waals surface area contributed by atoms with E-state index in [2.05, 4.69) is 25.3 Å². The van der Waals surface area contributed by atoms with Crippen LogP contribution in [0, 0.1) is 0 Å². The van der Waals surface area contributed by atoms with E-state index < -0.39 is 46.6 Å². The van der Waals surface area contributed by atoms with E-state index in [0.29, 0.717) is 29.4 Å². The number of rotatable bonds is 9. The first kappa shape index (κ1) is 62.0. The number of fused-ring (bicyclic) bond motifs is 2. The molecule has 0 aliphatic carbocycles. The van der Waals surface area contributed by atoms with Gasteiger partial charge in [0, 0.05) is 62.1 Å². The second-order valence-electron chi connectivity index (χ2n) is 21.6. The molecule has 10 rings (SSSR count). The average Bonchev–Trinajstić information content (AvgIpc) is 2.00. The average molecular weight is 1170 g/mol. The molecular weight excluding hydrogens is 1100 g/mol. The fourth-order valence-corrected chi connectivity index (χ4v) is 9.44. The summed E-state index contributed by atoms with van der Waals surface area (Å²) >= 11 is 0. The molecule has 3 amide bonds. The molecule has 2 aliphatic heterocycles. The van der Waals surface area contributed by atoms with Crippen LogP contribution in [0.15, 0.2) is 144 Å². The van der Waals surface area contributed by atoms with Gasteiger partial charge >= 0.3 is 29.5 Å². The normalized spacial score (nSPS) is 14.4. The summed E-state index contributed by atoms with van der Waals surface area (Å²) in [4.78, 5) is 98.2. The Kier molecular flexibility index (Phi) is 19.3. The Balaban J connectivity index is 0.000000202. The number of nitrogens with two attached hydrogens (primary N) is 1. The van der Waals surface area contributed by atoms with Gasteiger partial charge in [0.1, 0.15) is 28.4 Å². The molecule has 2 atom stereocenters. The minimum Gasteiger partial charge on any atom is -0.508 e. The van der Waals surface area contributed by atoms with Crippen molar-refractivity contribution in [3.63, 3.8) is 0 Å². The van der Waals surface area contributed by atoms with Gasteiger partial charge in [0.25, 0.3) is 5.91 Å². The number of amides is 3. The van der Waals surface area contributed by atoms with Crippen molar-refractivity contribution in [3.05, 3.63) is 189 Å². The Morgan fingerprint density at radius 3 is 1.37 bits per heavy atom. The summed E-state index contributed by atoms with van der Waals surface area (Å²) in [6.45, 7) is 15.2. The van der Waals surface area contributed by atoms with E-state index in [4.69, 9.17) is 15.2 Å². The van der Waals surface area contributed by atoms with Crippen molar-refractivity contribution in [2.45, 2.75) is 118 Å². The van der Waals surface area contributed by atoms with Crippen molar-refractivity contribution in [2.24, 2.45) is 5.73 Å². The van der Waals surface area contributed by atoms with Crippen LogP contribution in [-0.2, 0) is 48.7 Å². The van der Waals surface area contributed by atoms with Gasteiger partial charge in [-0.05, 0) is 127 Å². The lowest BCUT2D eigenvalue weighted by Crippen LogP contribution is -2.48. The molecule has 0 spiro atoms. The topological polar surface area (TPSA) is 297 Å². The molecule has 0 saturated heterocycles. The number of benzene rings is 4. The summed E-state index contributed by atoms with van der Waals surface area (Å²) in [6, 6.07) is 29.9. The van der Waals surface area contributed by atoms with Gasteiger partial charge < -0.3 is 35.8 Å². The van der Waals surface area contributed by atoms with Gasteiger partial charge in [-0.15, -0.1) is 12.4 Å². The fraction of sp³-hybridized carbons (Fsp3) is 0.300. The third-order valence-electron chi connectivity index (χ3n) is 13.3. The zero-order valence-electron chi connectivity index (χ0n) is 47.7. The van der Waals surface area contributed by atoms with Crippen LogP contribution in [0.3, 0.4) is 0 Å². The largest absolute Gasteiger partial charge is 0.508 e. The van der Waals surface area contributed by atoms with E-state index in [-0.39, 0.29) is 85.8 Å². The number of phenols is 2. The molecule has 4 aromatic heterocycles. The predicted octanol–water partition coefficient (Wildman–Crippen LogP) is 8.08. The van der Waals surface area contributed by atoms with E-state index in [0.717, 1.165) is 32.6 Å². The van der Waals surface area contributed by atoms with Crippen LogP contribution in [0.4, 0.5) is 9.59 Å². The summed E-state index contributed by atoms with van der Waals surface area (Å²) in [6.07, 6.45) is 5.68. The number of aromatic carboxylic acids is 1. The zero-order valence-corrected chi connectivity index (χ0v) is 48.5. The monoisotopic (exact) mass is 1170 g/mol. The second kappa shape index (κ2) is 26.1. The maximum Gasteiger partial charge on any atom is 0.410 e. The summed E-state index contributed by atoms with van der Waals surface area (Å²) in [5, 5.41) is 32.0. The minimum atomic E-state index is -1.28. The van der Waals surface area contributed by atoms with Crippen LogP contribution in [-0.4, -0.2) is 111 Å². The molecule has 8 aromatic rings. The lowest BCUT2D eigenvalue weighted by molar-refractivity contribution is 0.00852. The zero-order chi connectivity index (χ0) is 59.9. The van der Waals surface area contributed by atoms with E-state index in [1.165, 1.54) is 59.9 Å². The van der Waals surface area contributed by atoms with E-state index >= 15 is 0 Å². The Hall–Kier alpha value is -9.61. The molecule has 0 fully saturated rings.